The summed E-state index contributed by atoms with van der Waals surface area (Å²) in [6.07, 6.45) is 1.07. The molecular formula is C29H33Cl2N5O5S. The van der Waals surface area contributed by atoms with Gasteiger partial charge in [0.2, 0.25) is 21.8 Å². The predicted molar refractivity (Wildman–Crippen MR) is 161 cm³/mol. The Kier molecular flexibility index (Phi) is 8.58. The van der Waals surface area contributed by atoms with Gasteiger partial charge in [-0.3, -0.25) is 14.4 Å². The second-order valence-electron chi connectivity index (χ2n) is 11.3. The first-order valence-electron chi connectivity index (χ1n) is 13.8. The van der Waals surface area contributed by atoms with E-state index in [1.807, 2.05) is 55.8 Å². The molecule has 2 aromatic carbocycles. The van der Waals surface area contributed by atoms with Gasteiger partial charge in [0.15, 0.2) is 0 Å². The zero-order chi connectivity index (χ0) is 30.3. The number of hydrogen-bond donors (Lipinski definition) is 2. The number of hydrogen-bond acceptors (Lipinski definition) is 5. The quantitative estimate of drug-likeness (QED) is 0.374. The Morgan fingerprint density at radius 1 is 1.00 bits per heavy atom. The number of aryl methyl sites for hydroxylation is 1. The second kappa shape index (κ2) is 11.9. The van der Waals surface area contributed by atoms with Gasteiger partial charge in [-0.25, -0.2) is 13.1 Å². The fraction of sp³-hybridized carbons (Fsp3) is 0.414. The van der Waals surface area contributed by atoms with Crippen molar-refractivity contribution in [3.05, 3.63) is 64.3 Å². The predicted octanol–water partition coefficient (Wildman–Crippen LogP) is 3.42. The van der Waals surface area contributed by atoms with E-state index in [4.69, 9.17) is 23.2 Å². The summed E-state index contributed by atoms with van der Waals surface area (Å²) in [5.74, 6) is -0.715. The van der Waals surface area contributed by atoms with Gasteiger partial charge in [0.1, 0.15) is 16.6 Å². The Balaban J connectivity index is 1.22. The second-order valence-corrected chi connectivity index (χ2v) is 13.9. The average molecular weight is 635 g/mol. The van der Waals surface area contributed by atoms with Crippen LogP contribution >= 0.6 is 23.2 Å². The van der Waals surface area contributed by atoms with Crippen LogP contribution in [0.3, 0.4) is 0 Å². The minimum Gasteiger partial charge on any atom is -0.340 e. The van der Waals surface area contributed by atoms with E-state index >= 15 is 0 Å². The molecule has 0 saturated carbocycles. The van der Waals surface area contributed by atoms with Gasteiger partial charge in [-0.2, -0.15) is 0 Å². The van der Waals surface area contributed by atoms with Crippen LogP contribution in [0.15, 0.2) is 53.4 Å². The zero-order valence-corrected chi connectivity index (χ0v) is 25.8. The molecule has 3 atom stereocenters. The molecule has 1 aromatic heterocycles. The third-order valence-electron chi connectivity index (χ3n) is 7.94. The number of fused-ring (bicyclic) bond motifs is 3. The summed E-state index contributed by atoms with van der Waals surface area (Å²) in [4.78, 5) is 43.2. The summed E-state index contributed by atoms with van der Waals surface area (Å²) >= 11 is 11.9. The van der Waals surface area contributed by atoms with Gasteiger partial charge in [0.25, 0.3) is 5.91 Å². The van der Waals surface area contributed by atoms with Crippen molar-refractivity contribution < 1.29 is 22.8 Å². The van der Waals surface area contributed by atoms with Crippen molar-refractivity contribution in [1.82, 2.24) is 24.4 Å². The van der Waals surface area contributed by atoms with Crippen LogP contribution in [0.5, 0.6) is 0 Å². The molecule has 2 N–H and O–H groups in total. The van der Waals surface area contributed by atoms with Crippen LogP contribution in [0, 0.1) is 5.92 Å². The molecule has 2 saturated heterocycles. The molecule has 2 aliphatic rings. The summed E-state index contributed by atoms with van der Waals surface area (Å²) in [7, 11) is -2.21. The summed E-state index contributed by atoms with van der Waals surface area (Å²) in [6, 6.07) is 12.4. The highest BCUT2D eigenvalue weighted by Gasteiger charge is 2.48. The molecule has 2 bridgehead atoms. The number of amides is 3. The third-order valence-corrected chi connectivity index (χ3v) is 10.1. The van der Waals surface area contributed by atoms with Gasteiger partial charge in [-0.05, 0) is 49.1 Å². The monoisotopic (exact) mass is 633 g/mol. The highest BCUT2D eigenvalue weighted by Crippen LogP contribution is 2.32. The number of para-hydroxylation sites is 1. The molecule has 224 valence electrons. The number of halogens is 2. The van der Waals surface area contributed by atoms with Gasteiger partial charge in [0, 0.05) is 36.1 Å². The molecular weight excluding hydrogens is 601 g/mol. The molecule has 0 unspecified atom stereocenters. The number of carbonyl (C=O) groups excluding carboxylic acids is 3. The van der Waals surface area contributed by atoms with E-state index in [-0.39, 0.29) is 45.6 Å². The first kappa shape index (κ1) is 30.3. The highest BCUT2D eigenvalue weighted by molar-refractivity contribution is 7.89. The minimum absolute atomic E-state index is 0.0414. The highest BCUT2D eigenvalue weighted by atomic mass is 35.5. The Labute approximate surface area is 255 Å². The number of aromatic nitrogens is 1. The van der Waals surface area contributed by atoms with E-state index in [1.54, 1.807) is 9.80 Å². The molecule has 0 spiro atoms. The van der Waals surface area contributed by atoms with Crippen molar-refractivity contribution in [2.24, 2.45) is 13.0 Å². The molecule has 10 nitrogen and oxygen atoms in total. The molecule has 3 heterocycles. The SMILES string of the molecule is CC(C)C[C@H](NC(=O)c1cc2ccccc2n1C)C(=O)N1C[C@@H]2C[C@H]1CN2C(=O)CNS(=O)(=O)c1ccc(Cl)cc1Cl. The summed E-state index contributed by atoms with van der Waals surface area (Å²) in [5, 5.41) is 4.17. The normalized spacial score (nSPS) is 19.1. The Morgan fingerprint density at radius 2 is 1.69 bits per heavy atom. The number of piperazine rings is 1. The average Bonchev–Trinajstić information content (AvgIpc) is 3.64. The lowest BCUT2D eigenvalue weighted by Gasteiger charge is -2.36. The van der Waals surface area contributed by atoms with Gasteiger partial charge < -0.3 is 19.7 Å². The topological polar surface area (TPSA) is 121 Å². The number of benzene rings is 2. The van der Waals surface area contributed by atoms with Crippen molar-refractivity contribution >= 4 is 61.8 Å². The number of nitrogens with one attached hydrogen (secondary N) is 2. The van der Waals surface area contributed by atoms with Crippen LogP contribution in [-0.2, 0) is 26.7 Å². The number of carbonyl (C=O) groups is 3. The number of sulfonamides is 1. The fourth-order valence-electron chi connectivity index (χ4n) is 5.90. The minimum atomic E-state index is -4.03. The van der Waals surface area contributed by atoms with E-state index in [2.05, 4.69) is 10.0 Å². The Morgan fingerprint density at radius 3 is 2.33 bits per heavy atom. The van der Waals surface area contributed by atoms with Gasteiger partial charge in [-0.15, -0.1) is 0 Å². The fourth-order valence-corrected chi connectivity index (χ4v) is 7.65. The van der Waals surface area contributed by atoms with E-state index < -0.39 is 22.6 Å². The van der Waals surface area contributed by atoms with E-state index in [0.29, 0.717) is 36.6 Å². The van der Waals surface area contributed by atoms with Crippen LogP contribution < -0.4 is 10.0 Å². The summed E-state index contributed by atoms with van der Waals surface area (Å²) < 4.78 is 29.6. The van der Waals surface area contributed by atoms with Gasteiger partial charge in [0.05, 0.1) is 23.7 Å². The first-order chi connectivity index (χ1) is 19.9. The molecule has 2 aliphatic heterocycles. The van der Waals surface area contributed by atoms with Crippen molar-refractivity contribution in [1.29, 1.82) is 0 Å². The maximum absolute atomic E-state index is 13.7. The lowest BCUT2D eigenvalue weighted by atomic mass is 10.0. The van der Waals surface area contributed by atoms with Crippen LogP contribution in [0.4, 0.5) is 0 Å². The van der Waals surface area contributed by atoms with Crippen molar-refractivity contribution in [2.45, 2.75) is 49.7 Å². The third kappa shape index (κ3) is 6.01. The zero-order valence-electron chi connectivity index (χ0n) is 23.5. The van der Waals surface area contributed by atoms with E-state index in [0.717, 1.165) is 10.9 Å². The first-order valence-corrected chi connectivity index (χ1v) is 16.0. The van der Waals surface area contributed by atoms with Crippen LogP contribution in [-0.4, -0.2) is 78.3 Å². The maximum Gasteiger partial charge on any atom is 0.268 e. The smallest absolute Gasteiger partial charge is 0.268 e. The molecule has 0 radical (unpaired) electrons. The van der Waals surface area contributed by atoms with Crippen molar-refractivity contribution in [3.63, 3.8) is 0 Å². The maximum atomic E-state index is 13.7. The molecule has 3 amide bonds. The Bertz CT molecular complexity index is 1660. The van der Waals surface area contributed by atoms with Crippen molar-refractivity contribution in [2.75, 3.05) is 19.6 Å². The van der Waals surface area contributed by atoms with Crippen LogP contribution in [0.2, 0.25) is 10.0 Å². The van der Waals surface area contributed by atoms with Gasteiger partial charge >= 0.3 is 0 Å². The van der Waals surface area contributed by atoms with Crippen LogP contribution in [0.1, 0.15) is 37.2 Å². The molecule has 13 heteroatoms. The lowest BCUT2D eigenvalue weighted by Crippen LogP contribution is -2.57. The van der Waals surface area contributed by atoms with Gasteiger partial charge in [-0.1, -0.05) is 55.2 Å². The summed E-state index contributed by atoms with van der Waals surface area (Å²) in [6.45, 7) is 4.18. The molecule has 0 aliphatic carbocycles. The number of rotatable bonds is 9. The largest absolute Gasteiger partial charge is 0.340 e. The van der Waals surface area contributed by atoms with E-state index in [1.165, 1.54) is 18.2 Å². The lowest BCUT2D eigenvalue weighted by molar-refractivity contribution is -0.140. The summed E-state index contributed by atoms with van der Waals surface area (Å²) in [5.41, 5.74) is 1.40. The van der Waals surface area contributed by atoms with Crippen molar-refractivity contribution in [3.8, 4) is 0 Å². The number of likely N-dealkylation sites (tertiary alicyclic amines) is 2. The molecule has 3 aromatic rings. The molecule has 2 fully saturated rings. The number of nitrogens with zero attached hydrogens (tertiary/aromatic N) is 3. The molecule has 5 rings (SSSR count). The van der Waals surface area contributed by atoms with E-state index in [9.17, 15) is 22.8 Å². The Hall–Kier alpha value is -3.12. The van der Waals surface area contributed by atoms with Crippen LogP contribution in [0.25, 0.3) is 10.9 Å². The molecule has 42 heavy (non-hydrogen) atoms. The standard InChI is InChI=1S/C29H33Cl2N5O5S/c1-17(2)10-23(33-28(38)25-11-18-6-4-5-7-24(18)34(25)3)29(39)36-16-20-13-21(36)15-35(20)27(37)14-32-42(40,41)26-9-8-19(30)12-22(26)31/h4-9,11-12,17,20-21,23,32H,10,13-16H2,1-3H3,(H,33,38)/t20-,21-,23-/m0/s1.